The molecule has 3 nitrogen and oxygen atoms in total. The number of rotatable bonds is 5. The lowest BCUT2D eigenvalue weighted by Gasteiger charge is -2.20. The molecule has 0 aliphatic heterocycles. The normalized spacial score (nSPS) is 14.9. The molecule has 0 aliphatic carbocycles. The minimum atomic E-state index is -0.122. The van der Waals surface area contributed by atoms with Crippen molar-refractivity contribution < 1.29 is 0 Å². The van der Waals surface area contributed by atoms with Crippen LogP contribution in [0.5, 0.6) is 0 Å². The highest BCUT2D eigenvalue weighted by Crippen LogP contribution is 2.30. The molecule has 0 amide bonds. The average molecular weight is 314 g/mol. The van der Waals surface area contributed by atoms with Crippen molar-refractivity contribution in [1.29, 1.82) is 0 Å². The molecule has 2 unspecified atom stereocenters. The lowest BCUT2D eigenvalue weighted by Crippen LogP contribution is -2.18. The molecule has 1 aromatic carbocycles. The molecule has 0 saturated carbocycles. The number of hydrogen-bond donors (Lipinski definition) is 0. The Balaban J connectivity index is 2.47. The Kier molecular flexibility index (Phi) is 4.95. The average Bonchev–Trinajstić information content (AvgIpc) is 2.74. The third-order valence-corrected chi connectivity index (χ3v) is 3.90. The lowest BCUT2D eigenvalue weighted by atomic mass is 10.2. The van der Waals surface area contributed by atoms with Crippen LogP contribution in [0.15, 0.2) is 18.2 Å². The van der Waals surface area contributed by atoms with Crippen LogP contribution in [-0.4, -0.2) is 35.1 Å². The highest BCUT2D eigenvalue weighted by Gasteiger charge is 2.19. The fourth-order valence-corrected chi connectivity index (χ4v) is 2.72. The van der Waals surface area contributed by atoms with E-state index >= 15 is 0 Å². The summed E-state index contributed by atoms with van der Waals surface area (Å²) in [4.78, 5) is 6.85. The molecule has 0 bridgehead atoms. The van der Waals surface area contributed by atoms with Crippen molar-refractivity contribution in [2.24, 2.45) is 0 Å². The second kappa shape index (κ2) is 6.33. The van der Waals surface area contributed by atoms with Crippen molar-refractivity contribution >= 4 is 34.2 Å². The van der Waals surface area contributed by atoms with Gasteiger partial charge in [-0.1, -0.05) is 11.6 Å². The molecule has 0 saturated heterocycles. The van der Waals surface area contributed by atoms with Crippen LogP contribution in [0.2, 0.25) is 5.02 Å². The third-order valence-electron chi connectivity index (χ3n) is 3.47. The van der Waals surface area contributed by atoms with Crippen molar-refractivity contribution in [2.45, 2.75) is 31.7 Å². The number of alkyl halides is 1. The number of nitrogens with zero attached hydrogens (tertiary/aromatic N) is 3. The molecule has 0 radical (unpaired) electrons. The van der Waals surface area contributed by atoms with Gasteiger partial charge in [-0.2, -0.15) is 0 Å². The smallest absolute Gasteiger partial charge is 0.127 e. The van der Waals surface area contributed by atoms with E-state index in [4.69, 9.17) is 23.2 Å². The summed E-state index contributed by atoms with van der Waals surface area (Å²) >= 11 is 12.4. The number of benzene rings is 1. The van der Waals surface area contributed by atoms with E-state index in [2.05, 4.69) is 35.5 Å². The van der Waals surface area contributed by atoms with Crippen LogP contribution in [0.4, 0.5) is 0 Å². The molecule has 0 fully saturated rings. The maximum atomic E-state index is 6.30. The molecule has 2 atom stereocenters. The Labute approximate surface area is 130 Å². The van der Waals surface area contributed by atoms with Crippen molar-refractivity contribution in [2.75, 3.05) is 20.6 Å². The van der Waals surface area contributed by atoms with Gasteiger partial charge in [0.1, 0.15) is 5.82 Å². The monoisotopic (exact) mass is 313 g/mol. The fourth-order valence-electron chi connectivity index (χ4n) is 2.40. The molecule has 2 rings (SSSR count). The van der Waals surface area contributed by atoms with Crippen LogP contribution < -0.4 is 0 Å². The Morgan fingerprint density at radius 3 is 2.60 bits per heavy atom. The standard InChI is InChI=1S/C15H21Cl2N3/c1-10(7-8-19(3)4)20-14-9-12(17)5-6-13(14)18-15(20)11(2)16/h5-6,9-11H,7-8H2,1-4H3. The Hall–Kier alpha value is -0.770. The second-order valence-corrected chi connectivity index (χ2v) is 6.62. The highest BCUT2D eigenvalue weighted by atomic mass is 35.5. The van der Waals surface area contributed by atoms with Crippen molar-refractivity contribution in [3.8, 4) is 0 Å². The molecule has 1 heterocycles. The number of halogens is 2. The predicted octanol–water partition coefficient (Wildman–Crippen LogP) is 4.50. The summed E-state index contributed by atoms with van der Waals surface area (Å²) in [6.07, 6.45) is 1.04. The summed E-state index contributed by atoms with van der Waals surface area (Å²) in [5, 5.41) is 0.607. The number of hydrogen-bond acceptors (Lipinski definition) is 2. The van der Waals surface area contributed by atoms with Gasteiger partial charge >= 0.3 is 0 Å². The molecule has 0 spiro atoms. The van der Waals surface area contributed by atoms with Gasteiger partial charge in [0, 0.05) is 11.1 Å². The van der Waals surface area contributed by atoms with Gasteiger partial charge in [0.15, 0.2) is 0 Å². The van der Waals surface area contributed by atoms with Crippen molar-refractivity contribution in [1.82, 2.24) is 14.5 Å². The minimum Gasteiger partial charge on any atom is -0.324 e. The molecule has 5 heteroatoms. The van der Waals surface area contributed by atoms with E-state index in [9.17, 15) is 0 Å². The van der Waals surface area contributed by atoms with E-state index in [1.807, 2.05) is 25.1 Å². The summed E-state index contributed by atoms with van der Waals surface area (Å²) in [6, 6.07) is 6.13. The van der Waals surface area contributed by atoms with Crippen LogP contribution in [0.1, 0.15) is 37.5 Å². The maximum Gasteiger partial charge on any atom is 0.127 e. The Morgan fingerprint density at radius 1 is 1.30 bits per heavy atom. The zero-order valence-electron chi connectivity index (χ0n) is 12.4. The molecule has 1 aromatic heterocycles. The molecular formula is C15H21Cl2N3. The summed E-state index contributed by atoms with van der Waals surface area (Å²) in [7, 11) is 4.17. The van der Waals surface area contributed by atoms with Gasteiger partial charge in [-0.05, 0) is 59.1 Å². The van der Waals surface area contributed by atoms with E-state index in [1.165, 1.54) is 0 Å². The van der Waals surface area contributed by atoms with Gasteiger partial charge in [0.05, 0.1) is 16.4 Å². The third kappa shape index (κ3) is 3.27. The van der Waals surface area contributed by atoms with Gasteiger partial charge in [-0.3, -0.25) is 0 Å². The van der Waals surface area contributed by atoms with Gasteiger partial charge in [0.2, 0.25) is 0 Å². The van der Waals surface area contributed by atoms with E-state index in [0.717, 1.165) is 34.8 Å². The van der Waals surface area contributed by atoms with Crippen LogP contribution in [0, 0.1) is 0 Å². The number of imidazole rings is 1. The molecule has 110 valence electrons. The van der Waals surface area contributed by atoms with Crippen LogP contribution >= 0.6 is 23.2 Å². The molecule has 20 heavy (non-hydrogen) atoms. The van der Waals surface area contributed by atoms with Gasteiger partial charge < -0.3 is 9.47 Å². The number of aromatic nitrogens is 2. The van der Waals surface area contributed by atoms with Crippen molar-refractivity contribution in [3.05, 3.63) is 29.0 Å². The first-order valence-corrected chi connectivity index (χ1v) is 7.67. The van der Waals surface area contributed by atoms with Crippen LogP contribution in [-0.2, 0) is 0 Å². The predicted molar refractivity (Wildman–Crippen MR) is 86.9 cm³/mol. The van der Waals surface area contributed by atoms with Crippen LogP contribution in [0.3, 0.4) is 0 Å². The second-order valence-electron chi connectivity index (χ2n) is 5.53. The lowest BCUT2D eigenvalue weighted by molar-refractivity contribution is 0.357. The Bertz CT molecular complexity index is 590. The van der Waals surface area contributed by atoms with E-state index in [0.29, 0.717) is 6.04 Å². The summed E-state index contributed by atoms with van der Waals surface area (Å²) in [5.41, 5.74) is 2.01. The zero-order valence-corrected chi connectivity index (χ0v) is 13.9. The fraction of sp³-hybridized carbons (Fsp3) is 0.533. The summed E-state index contributed by atoms with van der Waals surface area (Å²) < 4.78 is 2.22. The first-order chi connectivity index (χ1) is 9.40. The van der Waals surface area contributed by atoms with E-state index < -0.39 is 0 Å². The van der Waals surface area contributed by atoms with Gasteiger partial charge in [0.25, 0.3) is 0 Å². The van der Waals surface area contributed by atoms with Gasteiger partial charge in [-0.15, -0.1) is 11.6 Å². The number of fused-ring (bicyclic) bond motifs is 1. The first kappa shape index (κ1) is 15.6. The maximum absolute atomic E-state index is 6.30. The molecular weight excluding hydrogens is 293 g/mol. The SMILES string of the molecule is CC(Cl)c1nc2ccc(Cl)cc2n1C(C)CCN(C)C. The molecule has 0 aliphatic rings. The van der Waals surface area contributed by atoms with Gasteiger partial charge in [-0.25, -0.2) is 4.98 Å². The summed E-state index contributed by atoms with van der Waals surface area (Å²) in [5.74, 6) is 0.912. The molecule has 2 aromatic rings. The molecule has 0 N–H and O–H groups in total. The first-order valence-electron chi connectivity index (χ1n) is 6.86. The zero-order chi connectivity index (χ0) is 14.9. The topological polar surface area (TPSA) is 21.1 Å². The largest absolute Gasteiger partial charge is 0.324 e. The van der Waals surface area contributed by atoms with E-state index in [-0.39, 0.29) is 5.38 Å². The Morgan fingerprint density at radius 2 is 2.00 bits per heavy atom. The quantitative estimate of drug-likeness (QED) is 0.758. The van der Waals surface area contributed by atoms with Crippen LogP contribution in [0.25, 0.3) is 11.0 Å². The minimum absolute atomic E-state index is 0.122. The van der Waals surface area contributed by atoms with E-state index in [1.54, 1.807) is 0 Å². The van der Waals surface area contributed by atoms with Crippen molar-refractivity contribution in [3.63, 3.8) is 0 Å². The summed E-state index contributed by atoms with van der Waals surface area (Å²) in [6.45, 7) is 5.19. The highest BCUT2D eigenvalue weighted by molar-refractivity contribution is 6.31.